The van der Waals surface area contributed by atoms with Crippen LogP contribution in [0.5, 0.6) is 0 Å². The fourth-order valence-corrected chi connectivity index (χ4v) is 3.44. The van der Waals surface area contributed by atoms with E-state index < -0.39 is 42.5 Å². The van der Waals surface area contributed by atoms with Gasteiger partial charge in [-0.05, 0) is 25.8 Å². The number of amides is 2. The summed E-state index contributed by atoms with van der Waals surface area (Å²) in [6.45, 7) is 9.72. The number of carbonyl (C=O) groups excluding carboxylic acids is 4. The van der Waals surface area contributed by atoms with Crippen LogP contribution in [0.2, 0.25) is 0 Å². The van der Waals surface area contributed by atoms with Crippen LogP contribution in [0.25, 0.3) is 0 Å². The third kappa shape index (κ3) is 9.77. The Balaban J connectivity index is 3.18. The highest BCUT2D eigenvalue weighted by Crippen LogP contribution is 2.27. The Kier molecular flexibility index (Phi) is 12.1. The maximum atomic E-state index is 12.5. The number of hydrogen-bond donors (Lipinski definition) is 3. The predicted molar refractivity (Wildman–Crippen MR) is 122 cm³/mol. The molecule has 12 nitrogen and oxygen atoms in total. The van der Waals surface area contributed by atoms with Gasteiger partial charge in [0.05, 0.1) is 30.9 Å². The Hall–Kier alpha value is -3.15. The lowest BCUT2D eigenvalue weighted by molar-refractivity contribution is -0.161. The molecule has 4 atom stereocenters. The Morgan fingerprint density at radius 3 is 2.32 bits per heavy atom. The van der Waals surface area contributed by atoms with E-state index in [9.17, 15) is 19.2 Å². The fourth-order valence-electron chi connectivity index (χ4n) is 3.44. The third-order valence-corrected chi connectivity index (χ3v) is 4.87. The lowest BCUT2D eigenvalue weighted by Crippen LogP contribution is -2.54. The van der Waals surface area contributed by atoms with Gasteiger partial charge >= 0.3 is 18.0 Å². The van der Waals surface area contributed by atoms with Gasteiger partial charge in [0.15, 0.2) is 5.96 Å². The van der Waals surface area contributed by atoms with Crippen molar-refractivity contribution >= 4 is 29.9 Å². The molecular weight excluding hydrogens is 448 g/mol. The summed E-state index contributed by atoms with van der Waals surface area (Å²) in [5, 5.41) is 5.05. The summed E-state index contributed by atoms with van der Waals surface area (Å²) in [7, 11) is 0. The Morgan fingerprint density at radius 2 is 1.79 bits per heavy atom. The van der Waals surface area contributed by atoms with Gasteiger partial charge in [-0.1, -0.05) is 13.8 Å². The average molecular weight is 485 g/mol. The molecule has 1 aliphatic carbocycles. The molecule has 0 saturated heterocycles. The van der Waals surface area contributed by atoms with Crippen molar-refractivity contribution in [3.8, 4) is 0 Å². The molecule has 12 heteroatoms. The number of esters is 2. The van der Waals surface area contributed by atoms with Crippen LogP contribution >= 0.6 is 0 Å². The number of ether oxygens (including phenoxy) is 4. The van der Waals surface area contributed by atoms with E-state index in [0.29, 0.717) is 5.57 Å². The molecule has 4 N–H and O–H groups in total. The van der Waals surface area contributed by atoms with E-state index in [1.807, 2.05) is 13.8 Å². The molecule has 0 aromatic heterocycles. The average Bonchev–Trinajstić information content (AvgIpc) is 2.72. The molecule has 192 valence electrons. The van der Waals surface area contributed by atoms with Gasteiger partial charge in [0.2, 0.25) is 12.2 Å². The Morgan fingerprint density at radius 1 is 1.15 bits per heavy atom. The van der Waals surface area contributed by atoms with Crippen LogP contribution in [-0.4, -0.2) is 67.1 Å². The summed E-state index contributed by atoms with van der Waals surface area (Å²) in [4.78, 5) is 51.7. The van der Waals surface area contributed by atoms with Gasteiger partial charge in [0, 0.05) is 32.8 Å². The molecule has 2 amide bonds. The van der Waals surface area contributed by atoms with Crippen LogP contribution < -0.4 is 16.4 Å². The zero-order valence-corrected chi connectivity index (χ0v) is 20.6. The minimum atomic E-state index is -1.14. The molecule has 0 radical (unpaired) electrons. The number of guanidine groups is 1. The molecule has 1 aliphatic rings. The van der Waals surface area contributed by atoms with Gasteiger partial charge in [-0.3, -0.25) is 14.9 Å². The molecule has 1 rings (SSSR count). The summed E-state index contributed by atoms with van der Waals surface area (Å²) in [6, 6.07) is -1.41. The highest BCUT2D eigenvalue weighted by molar-refractivity contribution is 5.93. The summed E-state index contributed by atoms with van der Waals surface area (Å²) < 4.78 is 20.9. The summed E-state index contributed by atoms with van der Waals surface area (Å²) in [6.07, 6.45) is 0.265. The largest absolute Gasteiger partial charge is 0.463 e. The zero-order chi connectivity index (χ0) is 25.8. The van der Waals surface area contributed by atoms with E-state index >= 15 is 0 Å². The van der Waals surface area contributed by atoms with E-state index in [0.717, 1.165) is 12.8 Å². The molecule has 0 bridgehead atoms. The van der Waals surface area contributed by atoms with Crippen molar-refractivity contribution < 1.29 is 38.1 Å². The van der Waals surface area contributed by atoms with Gasteiger partial charge in [0.25, 0.3) is 0 Å². The summed E-state index contributed by atoms with van der Waals surface area (Å²) in [5.41, 5.74) is 6.22. The molecule has 0 saturated carbocycles. The molecule has 34 heavy (non-hydrogen) atoms. The molecular formula is C22H36N4O8. The minimum absolute atomic E-state index is 0.0911. The standard InChI is InChI=1S/C22H36N4O8/c1-7-16(8-2)34-18-11-15(20(29)31-9-3)10-17(19(18)24-12(4)27)25-21(23)26-22(30)33-14(6)32-13(5)28/h11,14,16-19H,7-10H2,1-6H3,(H,24,27)(H3,23,25,26,30)/t14?,17-,18+,19+/m0/s1. The first-order valence-corrected chi connectivity index (χ1v) is 11.3. The smallest absolute Gasteiger partial charge is 0.417 e. The van der Waals surface area contributed by atoms with E-state index in [4.69, 9.17) is 24.7 Å². The van der Waals surface area contributed by atoms with Gasteiger partial charge in [-0.2, -0.15) is 0 Å². The number of nitrogens with zero attached hydrogens (tertiary/aromatic N) is 1. The monoisotopic (exact) mass is 484 g/mol. The van der Waals surface area contributed by atoms with Crippen LogP contribution in [-0.2, 0) is 33.3 Å². The van der Waals surface area contributed by atoms with Crippen molar-refractivity contribution in [1.82, 2.24) is 10.6 Å². The Bertz CT molecular complexity index is 794. The van der Waals surface area contributed by atoms with Crippen LogP contribution in [0.15, 0.2) is 16.6 Å². The van der Waals surface area contributed by atoms with E-state index in [2.05, 4.69) is 15.6 Å². The van der Waals surface area contributed by atoms with E-state index in [-0.39, 0.29) is 31.0 Å². The normalized spacial score (nSPS) is 21.2. The highest BCUT2D eigenvalue weighted by atomic mass is 16.7. The maximum absolute atomic E-state index is 12.5. The summed E-state index contributed by atoms with van der Waals surface area (Å²) >= 11 is 0. The Labute approximate surface area is 199 Å². The topological polar surface area (TPSA) is 168 Å². The second-order valence-electron chi connectivity index (χ2n) is 7.67. The molecule has 0 heterocycles. The van der Waals surface area contributed by atoms with Crippen molar-refractivity contribution in [1.29, 1.82) is 0 Å². The van der Waals surface area contributed by atoms with Gasteiger partial charge < -0.3 is 30.0 Å². The molecule has 0 aliphatic heterocycles. The number of alkyl carbamates (subject to hydrolysis) is 1. The first kappa shape index (κ1) is 28.9. The van der Waals surface area contributed by atoms with Crippen LogP contribution in [0.3, 0.4) is 0 Å². The van der Waals surface area contributed by atoms with Crippen molar-refractivity contribution in [3.05, 3.63) is 11.6 Å². The molecule has 0 aromatic carbocycles. The molecule has 0 spiro atoms. The fraction of sp³-hybridized carbons (Fsp3) is 0.682. The van der Waals surface area contributed by atoms with Crippen LogP contribution in [0.4, 0.5) is 4.79 Å². The lowest BCUT2D eigenvalue weighted by atomic mass is 9.88. The number of hydrogen-bond acceptors (Lipinski definition) is 9. The summed E-state index contributed by atoms with van der Waals surface area (Å²) in [5.74, 6) is -1.78. The van der Waals surface area contributed by atoms with Crippen molar-refractivity contribution in [3.63, 3.8) is 0 Å². The maximum Gasteiger partial charge on any atom is 0.417 e. The van der Waals surface area contributed by atoms with Crippen LogP contribution in [0, 0.1) is 0 Å². The molecule has 1 unspecified atom stereocenters. The highest BCUT2D eigenvalue weighted by Gasteiger charge is 2.38. The number of carbonyl (C=O) groups is 4. The van der Waals surface area contributed by atoms with Gasteiger partial charge in [0.1, 0.15) is 0 Å². The van der Waals surface area contributed by atoms with E-state index in [1.54, 1.807) is 13.0 Å². The van der Waals surface area contributed by atoms with Crippen molar-refractivity contribution in [2.75, 3.05) is 6.61 Å². The van der Waals surface area contributed by atoms with Gasteiger partial charge in [-0.25, -0.2) is 14.6 Å². The van der Waals surface area contributed by atoms with Gasteiger partial charge in [-0.15, -0.1) is 0 Å². The number of nitrogens with one attached hydrogen (secondary N) is 2. The number of rotatable bonds is 10. The van der Waals surface area contributed by atoms with Crippen molar-refractivity contribution in [2.45, 2.75) is 91.4 Å². The molecule has 0 aromatic rings. The minimum Gasteiger partial charge on any atom is -0.463 e. The predicted octanol–water partition coefficient (Wildman–Crippen LogP) is 1.28. The second-order valence-corrected chi connectivity index (χ2v) is 7.67. The first-order valence-electron chi connectivity index (χ1n) is 11.3. The van der Waals surface area contributed by atoms with E-state index in [1.165, 1.54) is 20.8 Å². The first-order chi connectivity index (χ1) is 16.0. The zero-order valence-electron chi connectivity index (χ0n) is 20.6. The quantitative estimate of drug-likeness (QED) is 0.179. The second kappa shape index (κ2) is 14.2. The molecule has 0 fully saturated rings. The van der Waals surface area contributed by atoms with Crippen LogP contribution in [0.1, 0.15) is 60.8 Å². The lowest BCUT2D eigenvalue weighted by Gasteiger charge is -2.36. The third-order valence-electron chi connectivity index (χ3n) is 4.87. The SMILES string of the molecule is CCOC(=O)C1=C[C@@H](OC(CC)CC)[C@H](NC(C)=O)[C@@H](N=C(N)NC(=O)OC(C)OC(C)=O)C1. The number of nitrogens with two attached hydrogens (primary N) is 1. The van der Waals surface area contributed by atoms with Crippen molar-refractivity contribution in [2.24, 2.45) is 10.7 Å². The number of aliphatic imine (C=N–C) groups is 1.